The van der Waals surface area contributed by atoms with Crippen molar-refractivity contribution in [3.63, 3.8) is 0 Å². The molecule has 0 fully saturated rings. The first-order valence-electron chi connectivity index (χ1n) is 28.7. The highest BCUT2D eigenvalue weighted by molar-refractivity contribution is 6.43. The third kappa shape index (κ3) is 10.4. The Bertz CT molecular complexity index is 3710. The second-order valence-corrected chi connectivity index (χ2v) is 22.1. The number of azo groups is 2. The molecule has 11 rings (SSSR count). The average Bonchev–Trinajstić information content (AvgIpc) is 0.872. The highest BCUT2D eigenvalue weighted by Gasteiger charge is 2.40. The summed E-state index contributed by atoms with van der Waals surface area (Å²) in [5, 5.41) is 22.8. The molecule has 0 bridgehead atoms. The number of nitrogens with zero attached hydrogens (tertiary/aromatic N) is 8. The zero-order valence-corrected chi connectivity index (χ0v) is 48.0. The first kappa shape index (κ1) is 54.9. The Hall–Kier alpha value is -9.04. The number of anilines is 2. The van der Waals surface area contributed by atoms with E-state index in [1.54, 1.807) is 24.3 Å². The molecule has 82 heavy (non-hydrogen) atoms. The van der Waals surface area contributed by atoms with Crippen molar-refractivity contribution >= 4 is 101 Å². The molecule has 0 aliphatic carbocycles. The maximum atomic E-state index is 15.2. The fourth-order valence-electron chi connectivity index (χ4n) is 11.6. The van der Waals surface area contributed by atoms with E-state index in [2.05, 4.69) is 48.2 Å². The predicted molar refractivity (Wildman–Crippen MR) is 328 cm³/mol. The summed E-state index contributed by atoms with van der Waals surface area (Å²) in [7, 11) is 7.94. The summed E-state index contributed by atoms with van der Waals surface area (Å²) in [5.41, 5.74) is 6.22. The van der Waals surface area contributed by atoms with Crippen LogP contribution in [0.15, 0.2) is 154 Å². The Labute approximate surface area is 478 Å². The maximum Gasteiger partial charge on any atom is 0.261 e. The van der Waals surface area contributed by atoms with Crippen LogP contribution in [-0.2, 0) is 0 Å². The lowest BCUT2D eigenvalue weighted by molar-refractivity contribution is 0.0565. The van der Waals surface area contributed by atoms with Gasteiger partial charge in [-0.15, -0.1) is 0 Å². The van der Waals surface area contributed by atoms with E-state index < -0.39 is 11.8 Å². The molecule has 0 aromatic heterocycles. The molecule has 4 amide bonds. The average molecular weight is 1090 g/mol. The fourth-order valence-corrected chi connectivity index (χ4v) is 11.6. The van der Waals surface area contributed by atoms with Crippen molar-refractivity contribution in [2.24, 2.45) is 32.3 Å². The molecule has 14 nitrogen and oxygen atoms in total. The van der Waals surface area contributed by atoms with Crippen LogP contribution in [0.3, 0.4) is 0 Å². The molecule has 9 aromatic carbocycles. The van der Waals surface area contributed by atoms with Crippen LogP contribution in [-0.4, -0.2) is 74.7 Å². The second-order valence-electron chi connectivity index (χ2n) is 22.1. The highest BCUT2D eigenvalue weighted by Crippen LogP contribution is 2.53. The van der Waals surface area contributed by atoms with Gasteiger partial charge in [0, 0.05) is 96.1 Å². The van der Waals surface area contributed by atoms with E-state index in [-0.39, 0.29) is 36.7 Å². The zero-order chi connectivity index (χ0) is 57.3. The summed E-state index contributed by atoms with van der Waals surface area (Å²) < 4.78 is 14.0. The van der Waals surface area contributed by atoms with E-state index in [1.165, 1.54) is 9.80 Å². The number of rotatable bonds is 22. The molecule has 0 radical (unpaired) electrons. The minimum absolute atomic E-state index is 0.125. The SMILES string of the molecule is CCCCC(CC)CN1C(=O)c2ccc3c4c(Oc5ccc(N=Nc6ccc(N(C)C)cc6)cc5)cc5c6c(ccc(c7c(Oc8ccc(N=Nc9ccc(N(C)C)cc9)cc8)cc(c2c37)C1=O)c64)C(=O)N(CC(CC)CCCC)C5=O. The smallest absolute Gasteiger partial charge is 0.261 e. The van der Waals surface area contributed by atoms with E-state index in [9.17, 15) is 9.59 Å². The monoisotopic (exact) mass is 1090 g/mol. The minimum atomic E-state index is -0.397. The minimum Gasteiger partial charge on any atom is -0.457 e. The second kappa shape index (κ2) is 23.2. The molecule has 2 atom stereocenters. The van der Waals surface area contributed by atoms with Gasteiger partial charge < -0.3 is 19.3 Å². The van der Waals surface area contributed by atoms with Crippen LogP contribution in [0.4, 0.5) is 34.1 Å². The Kier molecular flexibility index (Phi) is 15.5. The van der Waals surface area contributed by atoms with Gasteiger partial charge in [-0.05, 0) is 157 Å². The third-order valence-electron chi connectivity index (χ3n) is 16.3. The summed E-state index contributed by atoms with van der Waals surface area (Å²) in [4.78, 5) is 67.1. The van der Waals surface area contributed by atoms with Crippen molar-refractivity contribution in [3.8, 4) is 23.0 Å². The molecule has 0 saturated heterocycles. The Balaban J connectivity index is 1.09. The van der Waals surface area contributed by atoms with Gasteiger partial charge in [0.25, 0.3) is 23.6 Å². The van der Waals surface area contributed by atoms with E-state index >= 15 is 9.59 Å². The van der Waals surface area contributed by atoms with Crippen molar-refractivity contribution in [2.45, 2.75) is 79.1 Å². The lowest BCUT2D eigenvalue weighted by atomic mass is 9.81. The topological polar surface area (TPSA) is 149 Å². The van der Waals surface area contributed by atoms with Crippen LogP contribution in [0.2, 0.25) is 0 Å². The van der Waals surface area contributed by atoms with Gasteiger partial charge in [-0.1, -0.05) is 78.4 Å². The summed E-state index contributed by atoms with van der Waals surface area (Å²) in [6.07, 6.45) is 7.41. The molecule has 416 valence electrons. The van der Waals surface area contributed by atoms with Crippen molar-refractivity contribution in [2.75, 3.05) is 51.1 Å². The van der Waals surface area contributed by atoms with E-state index in [4.69, 9.17) is 9.47 Å². The van der Waals surface area contributed by atoms with Crippen molar-refractivity contribution in [1.82, 2.24) is 9.80 Å². The van der Waals surface area contributed by atoms with Gasteiger partial charge in [-0.3, -0.25) is 29.0 Å². The van der Waals surface area contributed by atoms with Gasteiger partial charge in [-0.25, -0.2) is 0 Å². The molecule has 2 aliphatic heterocycles. The number of amides is 4. The quantitative estimate of drug-likeness (QED) is 0.0282. The number of carbonyl (C=O) groups excluding carboxylic acids is 4. The largest absolute Gasteiger partial charge is 0.457 e. The van der Waals surface area contributed by atoms with Crippen molar-refractivity contribution in [1.29, 1.82) is 0 Å². The van der Waals surface area contributed by atoms with Gasteiger partial charge in [0.05, 0.1) is 33.9 Å². The van der Waals surface area contributed by atoms with Gasteiger partial charge in [-0.2, -0.15) is 20.5 Å². The zero-order valence-electron chi connectivity index (χ0n) is 48.0. The summed E-state index contributed by atoms with van der Waals surface area (Å²) >= 11 is 0. The van der Waals surface area contributed by atoms with Crippen LogP contribution < -0.4 is 19.3 Å². The predicted octanol–water partition coefficient (Wildman–Crippen LogP) is 17.9. The van der Waals surface area contributed by atoms with Crippen LogP contribution in [0, 0.1) is 11.8 Å². The molecule has 2 aliphatic rings. The summed E-state index contributed by atoms with van der Waals surface area (Å²) in [6, 6.07) is 41.1. The van der Waals surface area contributed by atoms with Gasteiger partial charge >= 0.3 is 0 Å². The van der Waals surface area contributed by atoms with Gasteiger partial charge in [0.2, 0.25) is 0 Å². The summed E-state index contributed by atoms with van der Waals surface area (Å²) in [5.74, 6) is 0.407. The van der Waals surface area contributed by atoms with Crippen molar-refractivity contribution < 1.29 is 28.7 Å². The van der Waals surface area contributed by atoms with E-state index in [0.717, 1.165) is 62.7 Å². The molecule has 14 heteroatoms. The van der Waals surface area contributed by atoms with E-state index in [1.807, 2.05) is 147 Å². The molecule has 2 unspecified atom stereocenters. The first-order valence-corrected chi connectivity index (χ1v) is 28.7. The third-order valence-corrected chi connectivity index (χ3v) is 16.3. The normalized spacial score (nSPS) is 14.2. The molecule has 2 heterocycles. The van der Waals surface area contributed by atoms with Gasteiger partial charge in [0.1, 0.15) is 23.0 Å². The van der Waals surface area contributed by atoms with Crippen LogP contribution in [0.1, 0.15) is 120 Å². The molecule has 0 saturated carbocycles. The molecule has 0 spiro atoms. The number of benzene rings is 9. The van der Waals surface area contributed by atoms with Gasteiger partial charge in [0.15, 0.2) is 0 Å². The Morgan fingerprint density at radius 2 is 0.732 bits per heavy atom. The van der Waals surface area contributed by atoms with Crippen LogP contribution in [0.5, 0.6) is 23.0 Å². The number of carbonyl (C=O) groups is 4. The Morgan fingerprint density at radius 1 is 0.402 bits per heavy atom. The van der Waals surface area contributed by atoms with Crippen molar-refractivity contribution in [3.05, 3.63) is 156 Å². The highest BCUT2D eigenvalue weighted by atomic mass is 16.5. The van der Waals surface area contributed by atoms with E-state index in [0.29, 0.717) is 111 Å². The molecular formula is C68H68N8O6. The standard InChI is InChI=1S/C68H68N8O6/c1-9-13-15-41(11-3)39-75-65(77)53-35-33-51-62-58(82-50-31-23-46(24-32-50)72-70-44-19-27-48(28-20-44)74(7)8)38-56-60-54(66(78)76(68(56)80)40-42(12-4)16-14-10-2)36-34-52(64(60)62)61-57(37-55(67(75)79)59(53)63(51)61)81-49-29-21-45(22-30-49)71-69-43-17-25-47(26-18-43)73(5)6/h17-38,41-42H,9-16,39-40H2,1-8H3. The first-order chi connectivity index (χ1) is 39.8. The number of hydrogen-bond donors (Lipinski definition) is 0. The summed E-state index contributed by atoms with van der Waals surface area (Å²) in [6.45, 7) is 9.08. The van der Waals surface area contributed by atoms with Crippen LogP contribution >= 0.6 is 0 Å². The number of unbranched alkanes of at least 4 members (excludes halogenated alkanes) is 2. The fraction of sp³-hybridized carbons (Fsp3) is 0.294. The maximum absolute atomic E-state index is 15.2. The van der Waals surface area contributed by atoms with Crippen LogP contribution in [0.25, 0.3) is 43.1 Å². The lowest BCUT2D eigenvalue weighted by Crippen LogP contribution is -2.43. The molecular weight excluding hydrogens is 1020 g/mol. The lowest BCUT2D eigenvalue weighted by Gasteiger charge is -2.33. The number of hydrogen-bond acceptors (Lipinski definition) is 12. The number of ether oxygens (including phenoxy) is 2. The number of imide groups is 2. The molecule has 0 N–H and O–H groups in total. The molecule has 9 aromatic rings. The number of fused-ring (bicyclic) bond motifs is 2. The Morgan fingerprint density at radius 3 is 1.05 bits per heavy atom.